The monoisotopic (exact) mass is 305 g/mol. The van der Waals surface area contributed by atoms with Crippen LogP contribution in [0.4, 0.5) is 18.9 Å². The summed E-state index contributed by atoms with van der Waals surface area (Å²) in [7, 11) is 1.21. The van der Waals surface area contributed by atoms with Crippen LogP contribution in [0, 0.1) is 0 Å². The zero-order valence-corrected chi connectivity index (χ0v) is 11.2. The average Bonchev–Trinajstić information content (AvgIpc) is 2.42. The molecule has 1 amide bonds. The number of ether oxygens (including phenoxy) is 2. The number of carbonyl (C=O) groups excluding carboxylic acids is 2. The van der Waals surface area contributed by atoms with Gasteiger partial charge in [-0.15, -0.1) is 0 Å². The summed E-state index contributed by atoms with van der Waals surface area (Å²) >= 11 is 0. The second-order valence-corrected chi connectivity index (χ2v) is 4.06. The van der Waals surface area contributed by atoms with Crippen LogP contribution in [-0.2, 0) is 14.3 Å². The molecule has 0 saturated carbocycles. The van der Waals surface area contributed by atoms with Crippen LogP contribution in [0.15, 0.2) is 24.3 Å². The number of nitrogens with one attached hydrogen (secondary N) is 1. The molecule has 0 aliphatic heterocycles. The van der Waals surface area contributed by atoms with Gasteiger partial charge in [-0.1, -0.05) is 6.07 Å². The van der Waals surface area contributed by atoms with E-state index in [-0.39, 0.29) is 18.0 Å². The predicted molar refractivity (Wildman–Crippen MR) is 67.9 cm³/mol. The molecule has 0 aliphatic rings. The van der Waals surface area contributed by atoms with Gasteiger partial charge >= 0.3 is 12.1 Å². The molecular formula is C13H14F3NO4. The molecule has 1 aromatic carbocycles. The number of hydrogen-bond acceptors (Lipinski definition) is 4. The molecule has 1 N–H and O–H groups in total. The number of carbonyl (C=O) groups is 2. The lowest BCUT2D eigenvalue weighted by Gasteiger charge is -2.09. The summed E-state index contributed by atoms with van der Waals surface area (Å²) in [6, 6.07) is 5.96. The van der Waals surface area contributed by atoms with Crippen LogP contribution in [0.3, 0.4) is 0 Å². The number of esters is 1. The van der Waals surface area contributed by atoms with Gasteiger partial charge in [0.25, 0.3) is 0 Å². The maximum atomic E-state index is 12.0. The van der Waals surface area contributed by atoms with E-state index in [2.05, 4.69) is 10.1 Å². The Morgan fingerprint density at radius 3 is 2.62 bits per heavy atom. The van der Waals surface area contributed by atoms with Gasteiger partial charge in [0, 0.05) is 18.2 Å². The zero-order valence-electron chi connectivity index (χ0n) is 11.2. The van der Waals surface area contributed by atoms with E-state index in [1.165, 1.54) is 31.4 Å². The van der Waals surface area contributed by atoms with Crippen LogP contribution in [0.5, 0.6) is 5.75 Å². The molecule has 8 heteroatoms. The number of alkyl halides is 3. The zero-order chi connectivity index (χ0) is 15.9. The lowest BCUT2D eigenvalue weighted by Crippen LogP contribution is -2.16. The topological polar surface area (TPSA) is 64.6 Å². The summed E-state index contributed by atoms with van der Waals surface area (Å²) in [4.78, 5) is 22.3. The van der Waals surface area contributed by atoms with Crippen LogP contribution >= 0.6 is 0 Å². The van der Waals surface area contributed by atoms with Crippen molar-refractivity contribution in [2.45, 2.75) is 19.0 Å². The van der Waals surface area contributed by atoms with E-state index in [0.717, 1.165) is 0 Å². The Hall–Kier alpha value is -2.25. The van der Waals surface area contributed by atoms with E-state index >= 15 is 0 Å². The van der Waals surface area contributed by atoms with E-state index < -0.39 is 30.9 Å². The number of halogens is 3. The standard InChI is InChI=1S/C13H14F3NO4/c1-20-12(19)8-21-10-4-2-3-9(7-10)17-11(18)5-6-13(14,15)16/h2-4,7H,5-6,8H2,1H3,(H,17,18). The Morgan fingerprint density at radius 2 is 2.00 bits per heavy atom. The summed E-state index contributed by atoms with van der Waals surface area (Å²) in [5.74, 6) is -1.04. The van der Waals surface area contributed by atoms with Crippen molar-refractivity contribution in [3.05, 3.63) is 24.3 Å². The van der Waals surface area contributed by atoms with E-state index in [9.17, 15) is 22.8 Å². The lowest BCUT2D eigenvalue weighted by atomic mass is 10.2. The number of anilines is 1. The molecule has 5 nitrogen and oxygen atoms in total. The van der Waals surface area contributed by atoms with Gasteiger partial charge in [0.05, 0.1) is 13.5 Å². The Bertz CT molecular complexity index is 502. The number of rotatable bonds is 6. The highest BCUT2D eigenvalue weighted by Crippen LogP contribution is 2.22. The normalized spacial score (nSPS) is 10.9. The van der Waals surface area contributed by atoms with E-state index in [4.69, 9.17) is 4.74 Å². The summed E-state index contributed by atoms with van der Waals surface area (Å²) in [5.41, 5.74) is 0.282. The minimum Gasteiger partial charge on any atom is -0.482 e. The molecule has 1 aromatic rings. The van der Waals surface area contributed by atoms with Gasteiger partial charge in [-0.3, -0.25) is 4.79 Å². The smallest absolute Gasteiger partial charge is 0.389 e. The fraction of sp³-hybridized carbons (Fsp3) is 0.385. The fourth-order valence-corrected chi connectivity index (χ4v) is 1.34. The van der Waals surface area contributed by atoms with E-state index in [1.807, 2.05) is 0 Å². The maximum Gasteiger partial charge on any atom is 0.389 e. The largest absolute Gasteiger partial charge is 0.482 e. The summed E-state index contributed by atoms with van der Waals surface area (Å²) in [5, 5.41) is 2.32. The molecular weight excluding hydrogens is 291 g/mol. The van der Waals surface area contributed by atoms with Gasteiger partial charge in [-0.05, 0) is 12.1 Å². The molecule has 1 rings (SSSR count). The van der Waals surface area contributed by atoms with Crippen molar-refractivity contribution in [1.29, 1.82) is 0 Å². The highest BCUT2D eigenvalue weighted by Gasteiger charge is 2.27. The SMILES string of the molecule is COC(=O)COc1cccc(NC(=O)CCC(F)(F)F)c1. The molecule has 0 saturated heterocycles. The van der Waals surface area contributed by atoms with Crippen molar-refractivity contribution in [2.24, 2.45) is 0 Å². The minimum atomic E-state index is -4.37. The average molecular weight is 305 g/mol. The van der Waals surface area contributed by atoms with Crippen molar-refractivity contribution < 1.29 is 32.2 Å². The summed E-state index contributed by atoms with van der Waals surface area (Å²) in [6.45, 7) is -0.304. The van der Waals surface area contributed by atoms with Crippen molar-refractivity contribution in [2.75, 3.05) is 19.0 Å². The van der Waals surface area contributed by atoms with Crippen LogP contribution in [-0.4, -0.2) is 31.8 Å². The Balaban J connectivity index is 2.52. The Labute approximate surface area is 119 Å². The van der Waals surface area contributed by atoms with Crippen LogP contribution in [0.25, 0.3) is 0 Å². The van der Waals surface area contributed by atoms with Crippen molar-refractivity contribution in [1.82, 2.24) is 0 Å². The van der Waals surface area contributed by atoms with Crippen molar-refractivity contribution in [3.8, 4) is 5.75 Å². The molecule has 0 aromatic heterocycles. The molecule has 0 unspecified atom stereocenters. The molecule has 0 heterocycles. The minimum absolute atomic E-state index is 0.282. The first-order valence-electron chi connectivity index (χ1n) is 5.96. The molecule has 0 atom stereocenters. The molecule has 0 bridgehead atoms. The van der Waals surface area contributed by atoms with Gasteiger partial charge < -0.3 is 14.8 Å². The first-order chi connectivity index (χ1) is 9.80. The second-order valence-electron chi connectivity index (χ2n) is 4.06. The molecule has 21 heavy (non-hydrogen) atoms. The van der Waals surface area contributed by atoms with Crippen molar-refractivity contribution in [3.63, 3.8) is 0 Å². The quantitative estimate of drug-likeness (QED) is 0.820. The summed E-state index contributed by atoms with van der Waals surface area (Å²) < 4.78 is 45.4. The van der Waals surface area contributed by atoms with Crippen molar-refractivity contribution >= 4 is 17.6 Å². The fourth-order valence-electron chi connectivity index (χ4n) is 1.34. The number of methoxy groups -OCH3 is 1. The van der Waals surface area contributed by atoms with E-state index in [1.54, 1.807) is 0 Å². The number of hydrogen-bond donors (Lipinski definition) is 1. The number of amides is 1. The summed E-state index contributed by atoms with van der Waals surface area (Å²) in [6.07, 6.45) is -6.21. The first-order valence-corrected chi connectivity index (χ1v) is 5.96. The third kappa shape index (κ3) is 7.19. The van der Waals surface area contributed by atoms with Crippen LogP contribution in [0.1, 0.15) is 12.8 Å². The Morgan fingerprint density at radius 1 is 1.29 bits per heavy atom. The third-order valence-electron chi connectivity index (χ3n) is 2.34. The van der Waals surface area contributed by atoms with Gasteiger partial charge in [0.2, 0.25) is 5.91 Å². The second kappa shape index (κ2) is 7.51. The van der Waals surface area contributed by atoms with E-state index in [0.29, 0.717) is 0 Å². The van der Waals surface area contributed by atoms with Gasteiger partial charge in [0.1, 0.15) is 5.75 Å². The molecule has 0 spiro atoms. The molecule has 116 valence electrons. The Kier molecular flexibility index (Phi) is 6.01. The molecule has 0 radical (unpaired) electrons. The lowest BCUT2D eigenvalue weighted by molar-refractivity contribution is -0.143. The maximum absolute atomic E-state index is 12.0. The van der Waals surface area contributed by atoms with Gasteiger partial charge in [-0.25, -0.2) is 4.79 Å². The predicted octanol–water partition coefficient (Wildman–Crippen LogP) is 2.52. The number of benzene rings is 1. The highest BCUT2D eigenvalue weighted by atomic mass is 19.4. The van der Waals surface area contributed by atoms with Gasteiger partial charge in [-0.2, -0.15) is 13.2 Å². The third-order valence-corrected chi connectivity index (χ3v) is 2.34. The van der Waals surface area contributed by atoms with Gasteiger partial charge in [0.15, 0.2) is 6.61 Å². The molecule has 0 fully saturated rings. The molecule has 0 aliphatic carbocycles. The first kappa shape index (κ1) is 16.8. The van der Waals surface area contributed by atoms with Crippen LogP contribution < -0.4 is 10.1 Å². The highest BCUT2D eigenvalue weighted by molar-refractivity contribution is 5.90. The van der Waals surface area contributed by atoms with Crippen LogP contribution in [0.2, 0.25) is 0 Å².